The number of allylic oxidation sites excluding steroid dienone is 1. The van der Waals surface area contributed by atoms with Crippen LogP contribution in [0.2, 0.25) is 0 Å². The molecule has 1 saturated heterocycles. The summed E-state index contributed by atoms with van der Waals surface area (Å²) in [7, 11) is 0. The average Bonchev–Trinajstić information content (AvgIpc) is 1.88. The van der Waals surface area contributed by atoms with Gasteiger partial charge in [-0.05, 0) is 19.3 Å². The number of rotatable bonds is 0. The summed E-state index contributed by atoms with van der Waals surface area (Å²) in [6.07, 6.45) is 10.4. The van der Waals surface area contributed by atoms with Gasteiger partial charge in [-0.2, -0.15) is 11.8 Å². The fraction of sp³-hybridized carbons (Fsp3) is 0.750. The Morgan fingerprint density at radius 1 is 1.33 bits per heavy atom. The van der Waals surface area contributed by atoms with E-state index in [1.54, 1.807) is 0 Å². The van der Waals surface area contributed by atoms with Crippen molar-refractivity contribution in [1.82, 2.24) is 0 Å². The van der Waals surface area contributed by atoms with Crippen molar-refractivity contribution in [2.24, 2.45) is 0 Å². The van der Waals surface area contributed by atoms with Crippen LogP contribution in [0, 0.1) is 0 Å². The van der Waals surface area contributed by atoms with E-state index in [1.807, 2.05) is 0 Å². The molecule has 2 heterocycles. The summed E-state index contributed by atoms with van der Waals surface area (Å²) in [5.41, 5.74) is 0. The molecule has 0 nitrogen and oxygen atoms in total. The molecular weight excluding hydrogens is 128 g/mol. The quantitative estimate of drug-likeness (QED) is 0.466. The first-order valence-corrected chi connectivity index (χ1v) is 4.71. The molecular formula is C8H12S. The van der Waals surface area contributed by atoms with Crippen molar-refractivity contribution in [3.05, 3.63) is 12.2 Å². The first-order chi connectivity index (χ1) is 4.45. The molecule has 50 valence electrons. The molecule has 2 bridgehead atoms. The Balaban J connectivity index is 2.09. The third-order valence-corrected chi connectivity index (χ3v) is 3.69. The fourth-order valence-electron chi connectivity index (χ4n) is 1.63. The van der Waals surface area contributed by atoms with Crippen LogP contribution < -0.4 is 0 Å². The molecule has 2 aliphatic heterocycles. The smallest absolute Gasteiger partial charge is 0.0229 e. The average molecular weight is 140 g/mol. The molecule has 0 aliphatic carbocycles. The van der Waals surface area contributed by atoms with E-state index in [1.165, 1.54) is 25.7 Å². The first-order valence-electron chi connectivity index (χ1n) is 3.77. The molecule has 2 atom stereocenters. The zero-order valence-corrected chi connectivity index (χ0v) is 6.36. The standard InChI is InChI=1S/C8H12S/c1-3-7-5-2-6-8(4-1)9-7/h1,3,7-8H,2,4-6H2. The Bertz CT molecular complexity index is 129. The number of fused-ring (bicyclic) bond motifs is 2. The highest BCUT2D eigenvalue weighted by molar-refractivity contribution is 8.00. The number of hydrogen-bond donors (Lipinski definition) is 0. The molecule has 0 spiro atoms. The minimum atomic E-state index is 0.887. The predicted octanol–water partition coefficient (Wildman–Crippen LogP) is 2.60. The first kappa shape index (κ1) is 5.84. The summed E-state index contributed by atoms with van der Waals surface area (Å²) >= 11 is 2.19. The van der Waals surface area contributed by atoms with E-state index in [-0.39, 0.29) is 0 Å². The van der Waals surface area contributed by atoms with Crippen LogP contribution in [0.25, 0.3) is 0 Å². The van der Waals surface area contributed by atoms with Gasteiger partial charge in [-0.15, -0.1) is 0 Å². The van der Waals surface area contributed by atoms with Crippen molar-refractivity contribution >= 4 is 11.8 Å². The SMILES string of the molecule is C1=CC2CCCC(C1)S2. The maximum absolute atomic E-state index is 2.39. The second-order valence-electron chi connectivity index (χ2n) is 2.89. The van der Waals surface area contributed by atoms with E-state index in [4.69, 9.17) is 0 Å². The third kappa shape index (κ3) is 1.16. The van der Waals surface area contributed by atoms with Crippen molar-refractivity contribution in [2.45, 2.75) is 36.2 Å². The lowest BCUT2D eigenvalue weighted by molar-refractivity contribution is 0.624. The third-order valence-electron chi connectivity index (χ3n) is 2.13. The van der Waals surface area contributed by atoms with E-state index in [0.29, 0.717) is 0 Å². The Kier molecular flexibility index (Phi) is 1.54. The van der Waals surface area contributed by atoms with Crippen molar-refractivity contribution in [3.63, 3.8) is 0 Å². The summed E-state index contributed by atoms with van der Waals surface area (Å²) in [6, 6.07) is 0. The Labute approximate surface area is 60.7 Å². The summed E-state index contributed by atoms with van der Waals surface area (Å²) in [5, 5.41) is 1.87. The lowest BCUT2D eigenvalue weighted by atomic mass is 10.0. The zero-order chi connectivity index (χ0) is 6.10. The van der Waals surface area contributed by atoms with Crippen molar-refractivity contribution in [1.29, 1.82) is 0 Å². The Morgan fingerprint density at radius 3 is 3.11 bits per heavy atom. The van der Waals surface area contributed by atoms with E-state index in [9.17, 15) is 0 Å². The zero-order valence-electron chi connectivity index (χ0n) is 5.55. The van der Waals surface area contributed by atoms with Gasteiger partial charge in [0.05, 0.1) is 0 Å². The van der Waals surface area contributed by atoms with Crippen molar-refractivity contribution < 1.29 is 0 Å². The molecule has 2 aliphatic rings. The second-order valence-corrected chi connectivity index (χ2v) is 4.44. The van der Waals surface area contributed by atoms with Gasteiger partial charge in [-0.25, -0.2) is 0 Å². The van der Waals surface area contributed by atoms with Crippen LogP contribution in [-0.4, -0.2) is 10.5 Å². The highest BCUT2D eigenvalue weighted by Gasteiger charge is 2.22. The van der Waals surface area contributed by atoms with Crippen LogP contribution in [0.15, 0.2) is 12.2 Å². The van der Waals surface area contributed by atoms with Gasteiger partial charge in [0, 0.05) is 10.5 Å². The van der Waals surface area contributed by atoms with Gasteiger partial charge in [0.1, 0.15) is 0 Å². The normalized spacial score (nSPS) is 40.9. The van der Waals surface area contributed by atoms with Crippen molar-refractivity contribution in [2.75, 3.05) is 0 Å². The van der Waals surface area contributed by atoms with Gasteiger partial charge in [0.2, 0.25) is 0 Å². The van der Waals surface area contributed by atoms with Crippen LogP contribution in [0.5, 0.6) is 0 Å². The minimum absolute atomic E-state index is 0.887. The van der Waals surface area contributed by atoms with Crippen LogP contribution in [0.3, 0.4) is 0 Å². The maximum Gasteiger partial charge on any atom is 0.0229 e. The van der Waals surface area contributed by atoms with Gasteiger partial charge in [-0.3, -0.25) is 0 Å². The van der Waals surface area contributed by atoms with Crippen LogP contribution in [-0.2, 0) is 0 Å². The molecule has 2 rings (SSSR count). The van der Waals surface area contributed by atoms with E-state index < -0.39 is 0 Å². The summed E-state index contributed by atoms with van der Waals surface area (Å²) < 4.78 is 0. The van der Waals surface area contributed by atoms with Crippen molar-refractivity contribution in [3.8, 4) is 0 Å². The molecule has 0 aromatic heterocycles. The summed E-state index contributed by atoms with van der Waals surface area (Å²) in [5.74, 6) is 0. The molecule has 2 unspecified atom stereocenters. The lowest BCUT2D eigenvalue weighted by Gasteiger charge is -2.29. The van der Waals surface area contributed by atoms with Crippen LogP contribution in [0.4, 0.5) is 0 Å². The monoisotopic (exact) mass is 140 g/mol. The topological polar surface area (TPSA) is 0 Å². The molecule has 0 radical (unpaired) electrons. The van der Waals surface area contributed by atoms with E-state index >= 15 is 0 Å². The molecule has 0 aromatic carbocycles. The number of hydrogen-bond acceptors (Lipinski definition) is 1. The van der Waals surface area contributed by atoms with Gasteiger partial charge >= 0.3 is 0 Å². The van der Waals surface area contributed by atoms with E-state index in [0.717, 1.165) is 10.5 Å². The molecule has 0 saturated carbocycles. The predicted molar refractivity (Wildman–Crippen MR) is 42.8 cm³/mol. The second kappa shape index (κ2) is 2.37. The van der Waals surface area contributed by atoms with E-state index in [2.05, 4.69) is 23.9 Å². The van der Waals surface area contributed by atoms with Gasteiger partial charge in [0.25, 0.3) is 0 Å². The summed E-state index contributed by atoms with van der Waals surface area (Å²) in [6.45, 7) is 0. The maximum atomic E-state index is 2.39. The molecule has 0 N–H and O–H groups in total. The number of thioether (sulfide) groups is 1. The highest BCUT2D eigenvalue weighted by atomic mass is 32.2. The molecule has 0 aromatic rings. The molecule has 1 fully saturated rings. The van der Waals surface area contributed by atoms with Gasteiger partial charge in [-0.1, -0.05) is 18.6 Å². The molecule has 0 amide bonds. The molecule has 1 heteroatoms. The van der Waals surface area contributed by atoms with Gasteiger partial charge in [0.15, 0.2) is 0 Å². The largest absolute Gasteiger partial charge is 0.151 e. The minimum Gasteiger partial charge on any atom is -0.151 e. The fourth-order valence-corrected chi connectivity index (χ4v) is 3.15. The Hall–Kier alpha value is 0.0900. The van der Waals surface area contributed by atoms with Gasteiger partial charge < -0.3 is 0 Å². The van der Waals surface area contributed by atoms with Crippen LogP contribution >= 0.6 is 11.8 Å². The molecule has 9 heavy (non-hydrogen) atoms. The van der Waals surface area contributed by atoms with Crippen LogP contribution in [0.1, 0.15) is 25.7 Å². The highest BCUT2D eigenvalue weighted by Crippen LogP contribution is 2.37. The Morgan fingerprint density at radius 2 is 2.33 bits per heavy atom. The summed E-state index contributed by atoms with van der Waals surface area (Å²) in [4.78, 5) is 0. The lowest BCUT2D eigenvalue weighted by Crippen LogP contribution is -2.18.